The first-order valence-electron chi connectivity index (χ1n) is 8.93. The van der Waals surface area contributed by atoms with Gasteiger partial charge in [0.2, 0.25) is 0 Å². The Morgan fingerprint density at radius 3 is 2.81 bits per heavy atom. The Morgan fingerprint density at radius 2 is 2.04 bits per heavy atom. The second-order valence-electron chi connectivity index (χ2n) is 6.65. The summed E-state index contributed by atoms with van der Waals surface area (Å²) < 4.78 is 25.2. The van der Waals surface area contributed by atoms with E-state index in [0.29, 0.717) is 54.6 Å². The lowest BCUT2D eigenvalue weighted by atomic mass is 10.0. The van der Waals surface area contributed by atoms with E-state index >= 15 is 0 Å². The van der Waals surface area contributed by atoms with Crippen LogP contribution in [-0.4, -0.2) is 18.2 Å². The highest BCUT2D eigenvalue weighted by Gasteiger charge is 2.25. The van der Waals surface area contributed by atoms with Crippen molar-refractivity contribution in [2.24, 2.45) is 0 Å². The van der Waals surface area contributed by atoms with Gasteiger partial charge in [-0.15, -0.1) is 0 Å². The Bertz CT molecular complexity index is 1060. The molecular weight excluding hydrogens is 369 g/mol. The van der Waals surface area contributed by atoms with Crippen molar-refractivity contribution in [2.45, 2.75) is 26.3 Å². The molecule has 4 rings (SSSR count). The summed E-state index contributed by atoms with van der Waals surface area (Å²) in [7, 11) is 0. The first-order chi connectivity index (χ1) is 13.1. The van der Waals surface area contributed by atoms with Gasteiger partial charge in [-0.3, -0.25) is 4.90 Å². The fraction of sp³-hybridized carbons (Fsp3) is 0.286. The number of hydrogen-bond acceptors (Lipinski definition) is 4. The zero-order valence-corrected chi connectivity index (χ0v) is 15.7. The van der Waals surface area contributed by atoms with Crippen molar-refractivity contribution in [3.63, 3.8) is 0 Å². The van der Waals surface area contributed by atoms with E-state index in [-0.39, 0.29) is 11.4 Å². The van der Waals surface area contributed by atoms with Gasteiger partial charge in [0, 0.05) is 24.5 Å². The third-order valence-corrected chi connectivity index (χ3v) is 5.21. The molecule has 0 N–H and O–H groups in total. The molecule has 0 aliphatic carbocycles. The number of aryl methyl sites for hydroxylation is 1. The van der Waals surface area contributed by atoms with Crippen molar-refractivity contribution >= 4 is 22.6 Å². The Labute approximate surface area is 161 Å². The maximum Gasteiger partial charge on any atom is 0.336 e. The maximum absolute atomic E-state index is 13.9. The van der Waals surface area contributed by atoms with E-state index in [1.165, 1.54) is 12.1 Å². The SMILES string of the molecule is CCc1cc(=O)oc2c3c(c(Cl)cc12)OCN(CCc1ccccc1F)C3. The molecule has 0 radical (unpaired) electrons. The minimum Gasteiger partial charge on any atom is -0.476 e. The van der Waals surface area contributed by atoms with Gasteiger partial charge in [-0.2, -0.15) is 0 Å². The summed E-state index contributed by atoms with van der Waals surface area (Å²) in [5, 5.41) is 1.34. The van der Waals surface area contributed by atoms with Crippen molar-refractivity contribution in [1.82, 2.24) is 4.90 Å². The first kappa shape index (κ1) is 18.0. The van der Waals surface area contributed by atoms with Gasteiger partial charge in [-0.1, -0.05) is 36.7 Å². The van der Waals surface area contributed by atoms with Crippen LogP contribution in [-0.2, 0) is 19.4 Å². The average molecular weight is 388 g/mol. The largest absolute Gasteiger partial charge is 0.476 e. The Morgan fingerprint density at radius 1 is 1.22 bits per heavy atom. The van der Waals surface area contributed by atoms with E-state index in [2.05, 4.69) is 0 Å². The summed E-state index contributed by atoms with van der Waals surface area (Å²) in [5.41, 5.74) is 2.47. The lowest BCUT2D eigenvalue weighted by Gasteiger charge is -2.30. The van der Waals surface area contributed by atoms with Gasteiger partial charge in [0.25, 0.3) is 0 Å². The number of halogens is 2. The lowest BCUT2D eigenvalue weighted by Crippen LogP contribution is -2.34. The summed E-state index contributed by atoms with van der Waals surface area (Å²) in [6.45, 7) is 3.48. The predicted octanol–water partition coefficient (Wildman–Crippen LogP) is 4.54. The molecule has 1 aliphatic heterocycles. The number of ether oxygens (including phenoxy) is 1. The van der Waals surface area contributed by atoms with E-state index in [1.54, 1.807) is 18.2 Å². The number of nitrogens with zero attached hydrogens (tertiary/aromatic N) is 1. The molecule has 4 nitrogen and oxygen atoms in total. The van der Waals surface area contributed by atoms with Gasteiger partial charge in [-0.25, -0.2) is 9.18 Å². The van der Waals surface area contributed by atoms with Crippen LogP contribution in [0.1, 0.15) is 23.6 Å². The van der Waals surface area contributed by atoms with E-state index < -0.39 is 0 Å². The van der Waals surface area contributed by atoms with Crippen LogP contribution < -0.4 is 10.4 Å². The highest BCUT2D eigenvalue weighted by atomic mass is 35.5. The van der Waals surface area contributed by atoms with Crippen molar-refractivity contribution in [2.75, 3.05) is 13.3 Å². The van der Waals surface area contributed by atoms with Crippen LogP contribution in [0.3, 0.4) is 0 Å². The highest BCUT2D eigenvalue weighted by molar-refractivity contribution is 6.33. The van der Waals surface area contributed by atoms with Gasteiger partial charge in [-0.05, 0) is 36.1 Å². The van der Waals surface area contributed by atoms with Crippen LogP contribution >= 0.6 is 11.6 Å². The van der Waals surface area contributed by atoms with Crippen LogP contribution in [0.25, 0.3) is 11.0 Å². The molecular formula is C21H19ClFNO3. The van der Waals surface area contributed by atoms with Gasteiger partial charge in [0.05, 0.1) is 10.6 Å². The Hall–Kier alpha value is -2.37. The zero-order chi connectivity index (χ0) is 19.0. The van der Waals surface area contributed by atoms with Crippen LogP contribution in [0.4, 0.5) is 4.39 Å². The van der Waals surface area contributed by atoms with Crippen molar-refractivity contribution in [3.8, 4) is 5.75 Å². The molecule has 0 atom stereocenters. The molecule has 0 fully saturated rings. The summed E-state index contributed by atoms with van der Waals surface area (Å²) in [6, 6.07) is 10.1. The van der Waals surface area contributed by atoms with Crippen molar-refractivity contribution < 1.29 is 13.5 Å². The minimum absolute atomic E-state index is 0.206. The molecule has 1 aliphatic rings. The maximum atomic E-state index is 13.9. The third kappa shape index (κ3) is 3.45. The van der Waals surface area contributed by atoms with Crippen molar-refractivity contribution in [1.29, 1.82) is 0 Å². The monoisotopic (exact) mass is 387 g/mol. The van der Waals surface area contributed by atoms with Crippen molar-refractivity contribution in [3.05, 3.63) is 74.3 Å². The smallest absolute Gasteiger partial charge is 0.336 e. The molecule has 3 aromatic rings. The number of hydrogen-bond donors (Lipinski definition) is 0. The Balaban J connectivity index is 1.67. The van der Waals surface area contributed by atoms with Gasteiger partial charge in [0.1, 0.15) is 23.9 Å². The number of fused-ring (bicyclic) bond motifs is 3. The molecule has 0 saturated carbocycles. The minimum atomic E-state index is -0.382. The second-order valence-corrected chi connectivity index (χ2v) is 7.06. The molecule has 1 aromatic heterocycles. The topological polar surface area (TPSA) is 42.7 Å². The lowest BCUT2D eigenvalue weighted by molar-refractivity contribution is 0.0966. The molecule has 27 heavy (non-hydrogen) atoms. The van der Waals surface area contributed by atoms with Crippen LogP contribution in [0, 0.1) is 5.82 Å². The van der Waals surface area contributed by atoms with E-state index in [0.717, 1.165) is 16.5 Å². The predicted molar refractivity (Wildman–Crippen MR) is 103 cm³/mol. The number of benzene rings is 2. The van der Waals surface area contributed by atoms with E-state index in [4.69, 9.17) is 20.8 Å². The molecule has 0 amide bonds. The normalized spacial score (nSPS) is 14.2. The summed E-state index contributed by atoms with van der Waals surface area (Å²) in [5.74, 6) is 0.352. The summed E-state index contributed by atoms with van der Waals surface area (Å²) >= 11 is 6.42. The fourth-order valence-electron chi connectivity index (χ4n) is 3.51. The van der Waals surface area contributed by atoms with Gasteiger partial charge >= 0.3 is 5.63 Å². The van der Waals surface area contributed by atoms with E-state index in [9.17, 15) is 9.18 Å². The first-order valence-corrected chi connectivity index (χ1v) is 9.31. The standard InChI is InChI=1S/C21H19ClFNO3/c1-2-13-9-19(25)27-20-15(13)10-17(22)21-16(20)11-24(12-26-21)8-7-14-5-3-4-6-18(14)23/h3-6,9-10H,2,7-8,11-12H2,1H3. The molecule has 140 valence electrons. The molecule has 0 saturated heterocycles. The molecule has 0 unspecified atom stereocenters. The second kappa shape index (κ2) is 7.33. The zero-order valence-electron chi connectivity index (χ0n) is 14.9. The molecule has 6 heteroatoms. The highest BCUT2D eigenvalue weighted by Crippen LogP contribution is 2.39. The quantitative estimate of drug-likeness (QED) is 0.616. The average Bonchev–Trinajstić information content (AvgIpc) is 2.67. The summed E-state index contributed by atoms with van der Waals surface area (Å²) in [4.78, 5) is 14.0. The van der Waals surface area contributed by atoms with Gasteiger partial charge in [0.15, 0.2) is 0 Å². The number of rotatable bonds is 4. The molecule has 2 heterocycles. The molecule has 0 bridgehead atoms. The van der Waals surface area contributed by atoms with Crippen LogP contribution in [0.2, 0.25) is 5.02 Å². The molecule has 2 aromatic carbocycles. The Kier molecular flexibility index (Phi) is 4.89. The fourth-order valence-corrected chi connectivity index (χ4v) is 3.79. The van der Waals surface area contributed by atoms with E-state index in [1.807, 2.05) is 17.9 Å². The van der Waals surface area contributed by atoms with Gasteiger partial charge < -0.3 is 9.15 Å². The third-order valence-electron chi connectivity index (χ3n) is 4.93. The van der Waals surface area contributed by atoms with Crippen LogP contribution in [0.5, 0.6) is 5.75 Å². The van der Waals surface area contributed by atoms with Crippen LogP contribution in [0.15, 0.2) is 45.6 Å². The summed E-state index contributed by atoms with van der Waals surface area (Å²) in [6.07, 6.45) is 1.27. The molecule has 0 spiro atoms.